The Labute approximate surface area is 294 Å². The number of hydrogen-bond donors (Lipinski definition) is 0. The first kappa shape index (κ1) is 31.2. The van der Waals surface area contributed by atoms with Crippen molar-refractivity contribution in [2.24, 2.45) is 4.99 Å². The van der Waals surface area contributed by atoms with E-state index >= 15 is 0 Å². The number of rotatable bonds is 7. The van der Waals surface area contributed by atoms with Crippen LogP contribution in [0.15, 0.2) is 113 Å². The van der Waals surface area contributed by atoms with Crippen LogP contribution < -0.4 is 24.4 Å². The Kier molecular flexibility index (Phi) is 8.11. The van der Waals surface area contributed by atoms with Gasteiger partial charge in [-0.25, -0.2) is 9.79 Å². The van der Waals surface area contributed by atoms with Crippen LogP contribution in [0.2, 0.25) is 10.0 Å². The van der Waals surface area contributed by atoms with Crippen LogP contribution in [0.3, 0.4) is 0 Å². The first-order chi connectivity index (χ1) is 23.9. The number of hydrogen-bond acceptors (Lipinski definition) is 7. The van der Waals surface area contributed by atoms with Crippen LogP contribution in [0.25, 0.3) is 22.7 Å². The van der Waals surface area contributed by atoms with Gasteiger partial charge in [0.05, 0.1) is 38.5 Å². The number of thiazole rings is 1. The maximum atomic E-state index is 14.5. The number of carbonyl (C=O) groups is 1. The standard InChI is InChI=1S/C38H27Cl2N3O5S/c1-2-46-37(45)33-34(23-8-4-3-5-9-23)41-38-43(35(33)24-13-15-30-31(17-24)48-21-47-30)36(44)32(49-38)18-25-20-42(29-11-7-6-10-26(25)29)19-22-12-14-27(39)28(40)16-22/h3-18,20,35H,2,19,21H2,1H3/b32-18+. The third-order valence-corrected chi connectivity index (χ3v) is 10.3. The molecule has 11 heteroatoms. The number of para-hydroxylation sites is 1. The van der Waals surface area contributed by atoms with Gasteiger partial charge in [-0.2, -0.15) is 0 Å². The van der Waals surface area contributed by atoms with Gasteiger partial charge in [0, 0.05) is 34.8 Å². The Balaban J connectivity index is 1.33. The predicted molar refractivity (Wildman–Crippen MR) is 191 cm³/mol. The van der Waals surface area contributed by atoms with E-state index in [1.165, 1.54) is 11.3 Å². The molecule has 8 rings (SSSR count). The van der Waals surface area contributed by atoms with E-state index in [0.29, 0.717) is 48.7 Å². The lowest BCUT2D eigenvalue weighted by atomic mass is 9.93. The molecule has 2 aromatic heterocycles. The van der Waals surface area contributed by atoms with E-state index in [2.05, 4.69) is 4.57 Å². The summed E-state index contributed by atoms with van der Waals surface area (Å²) in [6.45, 7) is 2.56. The molecule has 0 saturated carbocycles. The van der Waals surface area contributed by atoms with E-state index in [-0.39, 0.29) is 24.5 Å². The van der Waals surface area contributed by atoms with Gasteiger partial charge in [0.25, 0.3) is 5.56 Å². The van der Waals surface area contributed by atoms with Gasteiger partial charge in [0.1, 0.15) is 0 Å². The second kappa shape index (κ2) is 12.7. The Hall–Kier alpha value is -5.09. The minimum absolute atomic E-state index is 0.0933. The van der Waals surface area contributed by atoms with Crippen molar-refractivity contribution in [2.45, 2.75) is 19.5 Å². The third-order valence-electron chi connectivity index (χ3n) is 8.53. The zero-order chi connectivity index (χ0) is 33.6. The number of esters is 1. The molecule has 244 valence electrons. The fraction of sp³-hybridized carbons (Fsp3) is 0.132. The molecular formula is C38H27Cl2N3O5S. The highest BCUT2D eigenvalue weighted by molar-refractivity contribution is 7.07. The molecule has 4 aromatic carbocycles. The first-order valence-corrected chi connectivity index (χ1v) is 17.2. The van der Waals surface area contributed by atoms with Crippen LogP contribution in [0.4, 0.5) is 0 Å². The second-order valence-electron chi connectivity index (χ2n) is 11.5. The highest BCUT2D eigenvalue weighted by Crippen LogP contribution is 2.40. The van der Waals surface area contributed by atoms with Crippen molar-refractivity contribution in [1.82, 2.24) is 9.13 Å². The molecule has 2 aliphatic rings. The molecule has 2 aliphatic heterocycles. The predicted octanol–water partition coefficient (Wildman–Crippen LogP) is 6.97. The molecule has 8 nitrogen and oxygen atoms in total. The fourth-order valence-electron chi connectivity index (χ4n) is 6.34. The summed E-state index contributed by atoms with van der Waals surface area (Å²) >= 11 is 13.8. The summed E-state index contributed by atoms with van der Waals surface area (Å²) in [5.41, 5.74) is 4.71. The van der Waals surface area contributed by atoms with Crippen LogP contribution in [-0.2, 0) is 16.1 Å². The van der Waals surface area contributed by atoms with Crippen molar-refractivity contribution in [3.8, 4) is 11.5 Å². The highest BCUT2D eigenvalue weighted by atomic mass is 35.5. The minimum atomic E-state index is -0.835. The van der Waals surface area contributed by atoms with Crippen LogP contribution in [0, 0.1) is 0 Å². The summed E-state index contributed by atoms with van der Waals surface area (Å²) in [5.74, 6) is 0.585. The van der Waals surface area contributed by atoms with Crippen molar-refractivity contribution in [3.05, 3.63) is 155 Å². The summed E-state index contributed by atoms with van der Waals surface area (Å²) < 4.78 is 21.0. The van der Waals surface area contributed by atoms with Gasteiger partial charge in [-0.05, 0) is 54.5 Å². The van der Waals surface area contributed by atoms with Crippen LogP contribution in [0.1, 0.15) is 35.2 Å². The van der Waals surface area contributed by atoms with Gasteiger partial charge in [0.2, 0.25) is 6.79 Å². The fourth-order valence-corrected chi connectivity index (χ4v) is 7.65. The smallest absolute Gasteiger partial charge is 0.338 e. The van der Waals surface area contributed by atoms with E-state index in [9.17, 15) is 9.59 Å². The largest absolute Gasteiger partial charge is 0.463 e. The number of carbonyl (C=O) groups excluding carboxylic acids is 1. The highest BCUT2D eigenvalue weighted by Gasteiger charge is 2.36. The van der Waals surface area contributed by atoms with Crippen molar-refractivity contribution in [1.29, 1.82) is 0 Å². The average Bonchev–Trinajstić information content (AvgIpc) is 3.81. The Bertz CT molecular complexity index is 2500. The number of fused-ring (bicyclic) bond motifs is 3. The minimum Gasteiger partial charge on any atom is -0.463 e. The van der Waals surface area contributed by atoms with Crippen LogP contribution in [-0.4, -0.2) is 28.5 Å². The topological polar surface area (TPSA) is 84.1 Å². The SMILES string of the molecule is CCOC(=O)C1=C(c2ccccc2)N=c2s/c(=C/c3cn(Cc4ccc(Cl)c(Cl)c4)c4ccccc34)c(=O)n2C1c1ccc2c(c1)OCO2. The Morgan fingerprint density at radius 2 is 1.78 bits per heavy atom. The molecule has 0 N–H and O–H groups in total. The van der Waals surface area contributed by atoms with Gasteiger partial charge >= 0.3 is 5.97 Å². The monoisotopic (exact) mass is 707 g/mol. The van der Waals surface area contributed by atoms with Gasteiger partial charge in [-0.3, -0.25) is 9.36 Å². The molecule has 0 spiro atoms. The number of benzene rings is 4. The van der Waals surface area contributed by atoms with Gasteiger partial charge in [0.15, 0.2) is 16.3 Å². The first-order valence-electron chi connectivity index (χ1n) is 15.6. The lowest BCUT2D eigenvalue weighted by Crippen LogP contribution is -2.40. The van der Waals surface area contributed by atoms with E-state index in [4.69, 9.17) is 42.4 Å². The maximum absolute atomic E-state index is 14.5. The summed E-state index contributed by atoms with van der Waals surface area (Å²) in [4.78, 5) is 33.8. The Morgan fingerprint density at radius 3 is 2.59 bits per heavy atom. The quantitative estimate of drug-likeness (QED) is 0.167. The summed E-state index contributed by atoms with van der Waals surface area (Å²) in [7, 11) is 0. The van der Waals surface area contributed by atoms with Gasteiger partial charge in [-0.1, -0.05) is 95.2 Å². The zero-order valence-corrected chi connectivity index (χ0v) is 28.4. The Morgan fingerprint density at radius 1 is 0.980 bits per heavy atom. The van der Waals surface area contributed by atoms with Crippen molar-refractivity contribution >= 4 is 63.2 Å². The van der Waals surface area contributed by atoms with E-state index in [1.807, 2.05) is 91.1 Å². The summed E-state index contributed by atoms with van der Waals surface area (Å²) in [6.07, 6.45) is 3.92. The van der Waals surface area contributed by atoms with E-state index in [1.54, 1.807) is 23.6 Å². The molecule has 49 heavy (non-hydrogen) atoms. The molecule has 0 radical (unpaired) electrons. The van der Waals surface area contributed by atoms with Crippen LogP contribution >= 0.6 is 34.5 Å². The molecule has 0 aliphatic carbocycles. The normalized spacial score (nSPS) is 15.4. The summed E-state index contributed by atoms with van der Waals surface area (Å²) in [5, 5.41) is 1.98. The van der Waals surface area contributed by atoms with E-state index < -0.39 is 12.0 Å². The lowest BCUT2D eigenvalue weighted by molar-refractivity contribution is -0.138. The number of ether oxygens (including phenoxy) is 3. The molecule has 6 aromatic rings. The molecule has 0 amide bonds. The lowest BCUT2D eigenvalue weighted by Gasteiger charge is -2.26. The molecule has 1 atom stereocenters. The van der Waals surface area contributed by atoms with Crippen molar-refractivity contribution in [2.75, 3.05) is 13.4 Å². The van der Waals surface area contributed by atoms with Crippen molar-refractivity contribution in [3.63, 3.8) is 0 Å². The van der Waals surface area contributed by atoms with Gasteiger partial charge in [-0.15, -0.1) is 0 Å². The van der Waals surface area contributed by atoms with E-state index in [0.717, 1.165) is 27.6 Å². The third kappa shape index (κ3) is 5.63. The number of halogens is 2. The van der Waals surface area contributed by atoms with Crippen molar-refractivity contribution < 1.29 is 19.0 Å². The summed E-state index contributed by atoms with van der Waals surface area (Å²) in [6, 6.07) is 27.7. The molecule has 4 heterocycles. The molecular weight excluding hydrogens is 681 g/mol. The molecule has 1 unspecified atom stereocenters. The maximum Gasteiger partial charge on any atom is 0.338 e. The van der Waals surface area contributed by atoms with Crippen LogP contribution in [0.5, 0.6) is 11.5 Å². The average molecular weight is 709 g/mol. The second-order valence-corrected chi connectivity index (χ2v) is 13.3. The molecule has 0 saturated heterocycles. The molecule has 0 bridgehead atoms. The molecule has 0 fully saturated rings. The zero-order valence-electron chi connectivity index (χ0n) is 26.1. The number of nitrogens with zero attached hydrogens (tertiary/aromatic N) is 3. The van der Waals surface area contributed by atoms with Gasteiger partial charge < -0.3 is 18.8 Å². The number of aromatic nitrogens is 2.